The van der Waals surface area contributed by atoms with Crippen LogP contribution in [0.25, 0.3) is 0 Å². The molecule has 0 atom stereocenters. The van der Waals surface area contributed by atoms with Gasteiger partial charge in [-0.2, -0.15) is 5.10 Å². The molecule has 19 heavy (non-hydrogen) atoms. The third-order valence-corrected chi connectivity index (χ3v) is 3.37. The lowest BCUT2D eigenvalue weighted by molar-refractivity contribution is 0.0951. The minimum Gasteiger partial charge on any atom is -0.347 e. The first-order chi connectivity index (χ1) is 9.08. The number of carbonyl (C=O) groups is 1. The Morgan fingerprint density at radius 1 is 1.58 bits per heavy atom. The molecule has 0 aliphatic carbocycles. The largest absolute Gasteiger partial charge is 0.347 e. The highest BCUT2D eigenvalue weighted by atomic mass is 16.1. The average Bonchev–Trinajstić information content (AvgIpc) is 2.79. The summed E-state index contributed by atoms with van der Waals surface area (Å²) in [6.07, 6.45) is 3.14. The lowest BCUT2D eigenvalue weighted by Crippen LogP contribution is -2.29. The predicted molar refractivity (Wildman–Crippen MR) is 75.2 cm³/mol. The number of aryl methyl sites for hydroxylation is 1. The van der Waals surface area contributed by atoms with Crippen molar-refractivity contribution in [2.75, 3.05) is 19.6 Å². The summed E-state index contributed by atoms with van der Waals surface area (Å²) >= 11 is 0. The summed E-state index contributed by atoms with van der Waals surface area (Å²) in [7, 11) is 1.88. The van der Waals surface area contributed by atoms with Crippen LogP contribution >= 0.6 is 0 Å². The summed E-state index contributed by atoms with van der Waals surface area (Å²) in [5.41, 5.74) is 2.86. The minimum absolute atomic E-state index is 0.0954. The fraction of sp³-hybridized carbons (Fsp3) is 0.571. The zero-order valence-electron chi connectivity index (χ0n) is 11.9. The van der Waals surface area contributed by atoms with Crippen LogP contribution in [-0.4, -0.2) is 35.3 Å². The van der Waals surface area contributed by atoms with E-state index in [1.165, 1.54) is 5.57 Å². The molecule has 5 nitrogen and oxygen atoms in total. The Labute approximate surface area is 114 Å². The number of carbonyl (C=O) groups excluding carboxylic acids is 1. The van der Waals surface area contributed by atoms with E-state index in [1.54, 1.807) is 4.68 Å². The van der Waals surface area contributed by atoms with Crippen molar-refractivity contribution in [1.82, 2.24) is 20.4 Å². The smallest absolute Gasteiger partial charge is 0.272 e. The topological polar surface area (TPSA) is 59.0 Å². The average molecular weight is 262 g/mol. The van der Waals surface area contributed by atoms with Gasteiger partial charge in [0.05, 0.1) is 0 Å². The van der Waals surface area contributed by atoms with Crippen molar-refractivity contribution in [3.8, 4) is 0 Å². The summed E-state index contributed by atoms with van der Waals surface area (Å²) < 4.78 is 1.78. The van der Waals surface area contributed by atoms with E-state index in [2.05, 4.69) is 35.7 Å². The Balaban J connectivity index is 1.96. The van der Waals surface area contributed by atoms with Gasteiger partial charge in [0.2, 0.25) is 0 Å². The molecular formula is C14H22N4O. The van der Waals surface area contributed by atoms with Gasteiger partial charge in [-0.25, -0.2) is 0 Å². The minimum atomic E-state index is -0.0954. The van der Waals surface area contributed by atoms with Crippen molar-refractivity contribution in [2.24, 2.45) is 7.05 Å². The molecule has 2 rings (SSSR count). The third kappa shape index (κ3) is 3.44. The molecule has 0 aromatic carbocycles. The molecule has 104 valence electrons. The van der Waals surface area contributed by atoms with Crippen molar-refractivity contribution in [2.45, 2.75) is 26.2 Å². The molecule has 0 spiro atoms. The Morgan fingerprint density at radius 2 is 2.37 bits per heavy atom. The maximum absolute atomic E-state index is 12.0. The summed E-state index contributed by atoms with van der Waals surface area (Å²) in [6, 6.07) is 1.87. The zero-order valence-corrected chi connectivity index (χ0v) is 11.9. The summed E-state index contributed by atoms with van der Waals surface area (Å²) in [5, 5.41) is 10.5. The van der Waals surface area contributed by atoms with Crippen molar-refractivity contribution in [3.05, 3.63) is 29.1 Å². The number of nitrogens with one attached hydrogen (secondary N) is 2. The summed E-state index contributed by atoms with van der Waals surface area (Å²) in [6.45, 7) is 6.69. The highest BCUT2D eigenvalue weighted by Gasteiger charge is 2.14. The van der Waals surface area contributed by atoms with E-state index in [9.17, 15) is 4.79 Å². The fourth-order valence-corrected chi connectivity index (χ4v) is 2.25. The molecule has 0 bridgehead atoms. The summed E-state index contributed by atoms with van der Waals surface area (Å²) in [4.78, 5) is 12.0. The lowest BCUT2D eigenvalue weighted by Gasteiger charge is -2.14. The molecule has 0 radical (unpaired) electrons. The van der Waals surface area contributed by atoms with Crippen LogP contribution in [0.5, 0.6) is 0 Å². The Morgan fingerprint density at radius 3 is 2.95 bits per heavy atom. The fourth-order valence-electron chi connectivity index (χ4n) is 2.25. The molecule has 5 heteroatoms. The first-order valence-corrected chi connectivity index (χ1v) is 6.78. The number of rotatable bonds is 4. The van der Waals surface area contributed by atoms with Crippen molar-refractivity contribution in [1.29, 1.82) is 0 Å². The molecule has 1 aromatic rings. The first-order valence-electron chi connectivity index (χ1n) is 6.78. The van der Waals surface area contributed by atoms with Crippen LogP contribution in [0.4, 0.5) is 0 Å². The maximum atomic E-state index is 12.0. The second kappa shape index (κ2) is 6.02. The number of hydrogen-bond donors (Lipinski definition) is 2. The highest BCUT2D eigenvalue weighted by molar-refractivity contribution is 5.92. The quantitative estimate of drug-likeness (QED) is 0.801. The van der Waals surface area contributed by atoms with Crippen molar-refractivity contribution >= 4 is 5.91 Å². The molecule has 1 aromatic heterocycles. The van der Waals surface area contributed by atoms with Gasteiger partial charge in [-0.05, 0) is 24.9 Å². The van der Waals surface area contributed by atoms with Gasteiger partial charge >= 0.3 is 0 Å². The third-order valence-electron chi connectivity index (χ3n) is 3.37. The maximum Gasteiger partial charge on any atom is 0.272 e. The molecule has 1 aliphatic rings. The van der Waals surface area contributed by atoms with Crippen LogP contribution < -0.4 is 10.6 Å². The molecule has 1 aliphatic heterocycles. The molecule has 1 amide bonds. The molecule has 0 saturated heterocycles. The van der Waals surface area contributed by atoms with Crippen LogP contribution in [0.3, 0.4) is 0 Å². The SMILES string of the molecule is CC(C)c1cc(C(=O)NCC2=CCNCC2)nn1C. The Bertz CT molecular complexity index is 488. The normalized spacial score (nSPS) is 15.5. The van der Waals surface area contributed by atoms with E-state index < -0.39 is 0 Å². The van der Waals surface area contributed by atoms with Gasteiger partial charge in [0.1, 0.15) is 5.69 Å². The molecule has 0 fully saturated rings. The molecule has 0 saturated carbocycles. The standard InChI is InChI=1S/C14H22N4O/c1-10(2)13-8-12(17-18(13)3)14(19)16-9-11-4-6-15-7-5-11/h4,8,10,15H,5-7,9H2,1-3H3,(H,16,19). The monoisotopic (exact) mass is 262 g/mol. The summed E-state index contributed by atoms with van der Waals surface area (Å²) in [5.74, 6) is 0.271. The molecule has 2 heterocycles. The van der Waals surface area contributed by atoms with Crippen molar-refractivity contribution < 1.29 is 4.79 Å². The van der Waals surface area contributed by atoms with E-state index in [0.717, 1.165) is 25.2 Å². The predicted octanol–water partition coefficient (Wildman–Crippen LogP) is 1.19. The highest BCUT2D eigenvalue weighted by Crippen LogP contribution is 2.14. The van der Waals surface area contributed by atoms with E-state index in [-0.39, 0.29) is 5.91 Å². The van der Waals surface area contributed by atoms with E-state index >= 15 is 0 Å². The Hall–Kier alpha value is -1.62. The lowest BCUT2D eigenvalue weighted by atomic mass is 10.1. The van der Waals surface area contributed by atoms with Crippen LogP contribution in [-0.2, 0) is 7.05 Å². The van der Waals surface area contributed by atoms with Crippen LogP contribution in [0.1, 0.15) is 42.4 Å². The number of amides is 1. The molecular weight excluding hydrogens is 240 g/mol. The van der Waals surface area contributed by atoms with E-state index in [4.69, 9.17) is 0 Å². The zero-order chi connectivity index (χ0) is 13.8. The van der Waals surface area contributed by atoms with Gasteiger partial charge in [-0.15, -0.1) is 0 Å². The van der Waals surface area contributed by atoms with Crippen LogP contribution in [0, 0.1) is 0 Å². The van der Waals surface area contributed by atoms with Crippen molar-refractivity contribution in [3.63, 3.8) is 0 Å². The number of aromatic nitrogens is 2. The van der Waals surface area contributed by atoms with Gasteiger partial charge in [0.15, 0.2) is 0 Å². The molecule has 2 N–H and O–H groups in total. The Kier molecular flexibility index (Phi) is 4.37. The van der Waals surface area contributed by atoms with Crippen LogP contribution in [0.15, 0.2) is 17.7 Å². The molecule has 0 unspecified atom stereocenters. The van der Waals surface area contributed by atoms with E-state index in [1.807, 2.05) is 13.1 Å². The van der Waals surface area contributed by atoms with Gasteiger partial charge in [0, 0.05) is 25.8 Å². The van der Waals surface area contributed by atoms with Crippen LogP contribution in [0.2, 0.25) is 0 Å². The van der Waals surface area contributed by atoms with Gasteiger partial charge < -0.3 is 10.6 Å². The number of nitrogens with zero attached hydrogens (tertiary/aromatic N) is 2. The van der Waals surface area contributed by atoms with E-state index in [0.29, 0.717) is 18.2 Å². The van der Waals surface area contributed by atoms with Gasteiger partial charge in [-0.3, -0.25) is 9.48 Å². The van der Waals surface area contributed by atoms with Gasteiger partial charge in [-0.1, -0.05) is 25.5 Å². The number of hydrogen-bond acceptors (Lipinski definition) is 3. The second-order valence-corrected chi connectivity index (χ2v) is 5.23. The second-order valence-electron chi connectivity index (χ2n) is 5.23. The first kappa shape index (κ1) is 13.8. The van der Waals surface area contributed by atoms with Gasteiger partial charge in [0.25, 0.3) is 5.91 Å².